The van der Waals surface area contributed by atoms with Crippen molar-refractivity contribution in [2.75, 3.05) is 0 Å². The number of aromatic nitrogens is 4. The molecule has 194 valence electrons. The van der Waals surface area contributed by atoms with Crippen molar-refractivity contribution in [2.24, 2.45) is 0 Å². The summed E-state index contributed by atoms with van der Waals surface area (Å²) in [6, 6.07) is 45.8. The molecule has 0 unspecified atom stereocenters. The van der Waals surface area contributed by atoms with Gasteiger partial charge in [0.1, 0.15) is 0 Å². The lowest BCUT2D eigenvalue weighted by Crippen LogP contribution is -2.00. The molecule has 5 aromatic carbocycles. The van der Waals surface area contributed by atoms with Crippen LogP contribution in [0.1, 0.15) is 5.69 Å². The van der Waals surface area contributed by atoms with Crippen molar-refractivity contribution < 1.29 is 0 Å². The fourth-order valence-electron chi connectivity index (χ4n) is 5.13. The molecule has 0 bridgehead atoms. The molecule has 7 rings (SSSR count). The maximum absolute atomic E-state index is 4.85. The van der Waals surface area contributed by atoms with Crippen molar-refractivity contribution >= 4 is 10.8 Å². The van der Waals surface area contributed by atoms with Crippen LogP contribution in [0.2, 0.25) is 0 Å². The minimum absolute atomic E-state index is 0.652. The summed E-state index contributed by atoms with van der Waals surface area (Å²) in [6.07, 6.45) is 1.97. The first-order valence-electron chi connectivity index (χ1n) is 13.6. The van der Waals surface area contributed by atoms with Crippen LogP contribution in [0.5, 0.6) is 0 Å². The second-order valence-corrected chi connectivity index (χ2v) is 10.0. The van der Waals surface area contributed by atoms with E-state index in [4.69, 9.17) is 15.0 Å². The third kappa shape index (κ3) is 4.99. The number of nitrogens with zero attached hydrogens (tertiary/aromatic N) is 4. The van der Waals surface area contributed by atoms with Gasteiger partial charge >= 0.3 is 0 Å². The van der Waals surface area contributed by atoms with Gasteiger partial charge in [0, 0.05) is 34.0 Å². The third-order valence-electron chi connectivity index (χ3n) is 7.27. The van der Waals surface area contributed by atoms with Gasteiger partial charge < -0.3 is 0 Å². The second kappa shape index (κ2) is 10.6. The van der Waals surface area contributed by atoms with Gasteiger partial charge in [0.15, 0.2) is 17.5 Å². The molecule has 0 aliphatic heterocycles. The van der Waals surface area contributed by atoms with Gasteiger partial charge in [0.05, 0.1) is 0 Å². The Morgan fingerprint density at radius 1 is 0.415 bits per heavy atom. The Balaban J connectivity index is 1.21. The molecule has 7 aromatic rings. The van der Waals surface area contributed by atoms with E-state index in [1.807, 2.05) is 73.8 Å². The number of hydrogen-bond acceptors (Lipinski definition) is 4. The van der Waals surface area contributed by atoms with E-state index in [0.717, 1.165) is 38.9 Å². The average molecular weight is 527 g/mol. The Labute approximate surface area is 239 Å². The van der Waals surface area contributed by atoms with Crippen LogP contribution in [0.25, 0.3) is 67.2 Å². The molecule has 0 aliphatic carbocycles. The van der Waals surface area contributed by atoms with Crippen LogP contribution in [-0.4, -0.2) is 19.9 Å². The van der Waals surface area contributed by atoms with Gasteiger partial charge in [-0.15, -0.1) is 0 Å². The topological polar surface area (TPSA) is 51.6 Å². The summed E-state index contributed by atoms with van der Waals surface area (Å²) >= 11 is 0. The highest BCUT2D eigenvalue weighted by Gasteiger charge is 2.12. The minimum atomic E-state index is 0.652. The Morgan fingerprint density at radius 3 is 1.41 bits per heavy atom. The van der Waals surface area contributed by atoms with Crippen molar-refractivity contribution in [3.05, 3.63) is 145 Å². The van der Waals surface area contributed by atoms with Gasteiger partial charge in [0.25, 0.3) is 0 Å². The largest absolute Gasteiger partial charge is 0.261 e. The molecule has 0 aliphatic rings. The molecule has 2 aromatic heterocycles. The second-order valence-electron chi connectivity index (χ2n) is 10.0. The lowest BCUT2D eigenvalue weighted by atomic mass is 9.96. The van der Waals surface area contributed by atoms with Crippen LogP contribution in [0.3, 0.4) is 0 Å². The number of hydrogen-bond donors (Lipinski definition) is 0. The number of fused-ring (bicyclic) bond motifs is 1. The summed E-state index contributed by atoms with van der Waals surface area (Å²) < 4.78 is 0. The van der Waals surface area contributed by atoms with Crippen molar-refractivity contribution in [3.63, 3.8) is 0 Å². The molecular formula is C37H26N4. The molecule has 4 nitrogen and oxygen atoms in total. The van der Waals surface area contributed by atoms with Gasteiger partial charge in [-0.1, -0.05) is 127 Å². The summed E-state index contributed by atoms with van der Waals surface area (Å²) in [7, 11) is 0. The van der Waals surface area contributed by atoms with E-state index in [-0.39, 0.29) is 0 Å². The van der Waals surface area contributed by atoms with Crippen LogP contribution in [0.15, 0.2) is 140 Å². The van der Waals surface area contributed by atoms with Gasteiger partial charge in [-0.3, -0.25) is 4.98 Å². The number of pyridine rings is 1. The highest BCUT2D eigenvalue weighted by Crippen LogP contribution is 2.31. The highest BCUT2D eigenvalue weighted by molar-refractivity contribution is 5.96. The summed E-state index contributed by atoms with van der Waals surface area (Å²) in [5, 5.41) is 2.37. The van der Waals surface area contributed by atoms with E-state index < -0.39 is 0 Å². The standard InChI is InChI=1S/C37H26N4/c1-25-23-32-13-8-14-33(34(32)24-38-25)28-19-15-26(16-20-28)27-17-21-31(22-18-27)37-40-35(29-9-4-2-5-10-29)39-36(41-37)30-11-6-3-7-12-30/h2-24H,1H3. The smallest absolute Gasteiger partial charge is 0.164 e. The highest BCUT2D eigenvalue weighted by atomic mass is 15.0. The molecule has 4 heteroatoms. The molecular weight excluding hydrogens is 500 g/mol. The fourth-order valence-corrected chi connectivity index (χ4v) is 5.13. The van der Waals surface area contributed by atoms with Crippen molar-refractivity contribution in [1.82, 2.24) is 19.9 Å². The van der Waals surface area contributed by atoms with Crippen LogP contribution in [0.4, 0.5) is 0 Å². The fraction of sp³-hybridized carbons (Fsp3) is 0.0270. The van der Waals surface area contributed by atoms with Gasteiger partial charge in [-0.25, -0.2) is 15.0 Å². The first-order chi connectivity index (χ1) is 20.2. The maximum atomic E-state index is 4.85. The molecule has 0 spiro atoms. The predicted octanol–water partition coefficient (Wildman–Crippen LogP) is 9.06. The zero-order valence-corrected chi connectivity index (χ0v) is 22.6. The average Bonchev–Trinajstić information content (AvgIpc) is 3.05. The van der Waals surface area contributed by atoms with Gasteiger partial charge in [-0.2, -0.15) is 0 Å². The van der Waals surface area contributed by atoms with Crippen LogP contribution in [-0.2, 0) is 0 Å². The van der Waals surface area contributed by atoms with Crippen LogP contribution in [0, 0.1) is 6.92 Å². The first kappa shape index (κ1) is 24.6. The Morgan fingerprint density at radius 2 is 0.878 bits per heavy atom. The molecule has 41 heavy (non-hydrogen) atoms. The lowest BCUT2D eigenvalue weighted by molar-refractivity contribution is 1.07. The molecule has 0 saturated carbocycles. The zero-order valence-electron chi connectivity index (χ0n) is 22.6. The van der Waals surface area contributed by atoms with E-state index in [1.165, 1.54) is 16.5 Å². The van der Waals surface area contributed by atoms with Crippen molar-refractivity contribution in [2.45, 2.75) is 6.92 Å². The zero-order chi connectivity index (χ0) is 27.6. The molecule has 0 atom stereocenters. The van der Waals surface area contributed by atoms with Crippen LogP contribution < -0.4 is 0 Å². The van der Waals surface area contributed by atoms with E-state index in [9.17, 15) is 0 Å². The van der Waals surface area contributed by atoms with Gasteiger partial charge in [-0.05, 0) is 40.6 Å². The van der Waals surface area contributed by atoms with Crippen molar-refractivity contribution in [3.8, 4) is 56.4 Å². The van der Waals surface area contributed by atoms with E-state index >= 15 is 0 Å². The summed E-state index contributed by atoms with van der Waals surface area (Å²) in [5.41, 5.74) is 8.54. The Kier molecular flexibility index (Phi) is 6.34. The van der Waals surface area contributed by atoms with E-state index in [2.05, 4.69) is 77.8 Å². The molecule has 0 radical (unpaired) electrons. The summed E-state index contributed by atoms with van der Waals surface area (Å²) in [5.74, 6) is 1.97. The number of aryl methyl sites for hydroxylation is 1. The molecule has 0 N–H and O–H groups in total. The third-order valence-corrected chi connectivity index (χ3v) is 7.27. The first-order valence-corrected chi connectivity index (χ1v) is 13.6. The quantitative estimate of drug-likeness (QED) is 0.224. The lowest BCUT2D eigenvalue weighted by Gasteiger charge is -2.10. The predicted molar refractivity (Wildman–Crippen MR) is 167 cm³/mol. The Bertz CT molecular complexity index is 1910. The number of rotatable bonds is 5. The Hall–Kier alpha value is -5.48. The molecule has 0 saturated heterocycles. The number of benzene rings is 5. The van der Waals surface area contributed by atoms with Crippen LogP contribution >= 0.6 is 0 Å². The normalized spacial score (nSPS) is 11.0. The summed E-state index contributed by atoms with van der Waals surface area (Å²) in [4.78, 5) is 19.0. The minimum Gasteiger partial charge on any atom is -0.261 e. The van der Waals surface area contributed by atoms with E-state index in [0.29, 0.717) is 17.5 Å². The monoisotopic (exact) mass is 526 g/mol. The molecule has 2 heterocycles. The molecule has 0 fully saturated rings. The summed E-state index contributed by atoms with van der Waals surface area (Å²) in [6.45, 7) is 2.03. The van der Waals surface area contributed by atoms with E-state index in [1.54, 1.807) is 0 Å². The molecule has 0 amide bonds. The SMILES string of the molecule is Cc1cc2cccc(-c3ccc(-c4ccc(-c5nc(-c6ccccc6)nc(-c6ccccc6)n5)cc4)cc3)c2cn1. The van der Waals surface area contributed by atoms with Gasteiger partial charge in [0.2, 0.25) is 0 Å². The maximum Gasteiger partial charge on any atom is 0.164 e. The van der Waals surface area contributed by atoms with Crippen molar-refractivity contribution in [1.29, 1.82) is 0 Å².